The number of hydrogen-bond donors (Lipinski definition) is 1. The van der Waals surface area contributed by atoms with Gasteiger partial charge in [-0.15, -0.1) is 0 Å². The minimum absolute atomic E-state index is 0.215. The molecule has 1 heterocycles. The second-order valence-corrected chi connectivity index (χ2v) is 5.91. The minimum Gasteiger partial charge on any atom is -0.442 e. The van der Waals surface area contributed by atoms with Crippen LogP contribution in [-0.4, -0.2) is 30.2 Å². The third-order valence-corrected chi connectivity index (χ3v) is 3.06. The number of fused-ring (bicyclic) bond motifs is 1. The smallest absolute Gasteiger partial charge is 0.435 e. The Morgan fingerprint density at radius 3 is 2.68 bits per heavy atom. The zero-order chi connectivity index (χ0) is 14.2. The summed E-state index contributed by atoms with van der Waals surface area (Å²) >= 11 is -2.13. The van der Waals surface area contributed by atoms with Crippen molar-refractivity contribution in [2.45, 2.75) is 31.3 Å². The Hall–Kier alpha value is -1.73. The van der Waals surface area contributed by atoms with Gasteiger partial charge in [-0.25, -0.2) is 9.00 Å². The van der Waals surface area contributed by atoms with Gasteiger partial charge in [0.2, 0.25) is 0 Å². The van der Waals surface area contributed by atoms with Crippen LogP contribution in [0.5, 0.6) is 0 Å². The predicted molar refractivity (Wildman–Crippen MR) is 70.4 cm³/mol. The Labute approximate surface area is 112 Å². The molecule has 102 valence electrons. The number of nitrogens with zero attached hydrogens (tertiary/aromatic N) is 2. The van der Waals surface area contributed by atoms with Gasteiger partial charge in [0.15, 0.2) is 11.1 Å². The van der Waals surface area contributed by atoms with Crippen LogP contribution in [0.15, 0.2) is 29.3 Å². The van der Waals surface area contributed by atoms with Gasteiger partial charge < -0.3 is 9.29 Å². The molecule has 1 aromatic carbocycles. The highest BCUT2D eigenvalue weighted by Gasteiger charge is 2.21. The van der Waals surface area contributed by atoms with Crippen LogP contribution < -0.4 is 0 Å². The van der Waals surface area contributed by atoms with Crippen molar-refractivity contribution >= 4 is 28.1 Å². The highest BCUT2D eigenvalue weighted by Crippen LogP contribution is 2.21. The quantitative estimate of drug-likeness (QED) is 0.812. The van der Waals surface area contributed by atoms with Crippen LogP contribution in [0.4, 0.5) is 4.79 Å². The van der Waals surface area contributed by atoms with Crippen molar-refractivity contribution in [2.24, 2.45) is 0 Å². The standard InChI is InChI=1S/C12H14N2O4S/c1-12(2,3)18-11(15)14-9-5-4-6-10(19(16)17)8(9)7-13-14/h4-7H,1-3H3,(H,16,17). The van der Waals surface area contributed by atoms with Crippen LogP contribution in [0.1, 0.15) is 20.8 Å². The van der Waals surface area contributed by atoms with Gasteiger partial charge in [-0.1, -0.05) is 6.07 Å². The van der Waals surface area contributed by atoms with E-state index in [0.29, 0.717) is 10.9 Å². The van der Waals surface area contributed by atoms with E-state index in [9.17, 15) is 13.6 Å². The molecule has 0 spiro atoms. The average Bonchev–Trinajstić information content (AvgIpc) is 2.69. The Morgan fingerprint density at radius 2 is 2.11 bits per heavy atom. The monoisotopic (exact) mass is 282 g/mol. The lowest BCUT2D eigenvalue weighted by Gasteiger charge is -2.19. The lowest BCUT2D eigenvalue weighted by molar-refractivity contribution is 0.0522. The van der Waals surface area contributed by atoms with Crippen molar-refractivity contribution in [2.75, 3.05) is 0 Å². The summed E-state index contributed by atoms with van der Waals surface area (Å²) in [5, 5.41) is 4.37. The maximum absolute atomic E-state index is 12.0. The van der Waals surface area contributed by atoms with Crippen LogP contribution in [0.25, 0.3) is 10.9 Å². The van der Waals surface area contributed by atoms with Crippen LogP contribution in [0, 0.1) is 0 Å². The molecule has 0 aliphatic heterocycles. The first-order chi connectivity index (χ1) is 8.79. The van der Waals surface area contributed by atoms with Crippen LogP contribution >= 0.6 is 0 Å². The molecule has 0 fully saturated rings. The molecule has 0 radical (unpaired) electrons. The first kappa shape index (κ1) is 13.7. The van der Waals surface area contributed by atoms with Crippen molar-refractivity contribution < 1.29 is 18.3 Å². The number of carbonyl (C=O) groups is 1. The van der Waals surface area contributed by atoms with E-state index in [1.165, 1.54) is 12.3 Å². The Kier molecular flexibility index (Phi) is 3.42. The summed E-state index contributed by atoms with van der Waals surface area (Å²) < 4.78 is 26.6. The van der Waals surface area contributed by atoms with E-state index in [0.717, 1.165) is 4.68 Å². The van der Waals surface area contributed by atoms with Crippen LogP contribution in [0.3, 0.4) is 0 Å². The number of hydrogen-bond acceptors (Lipinski definition) is 4. The summed E-state index contributed by atoms with van der Waals surface area (Å²) in [6.45, 7) is 5.26. The minimum atomic E-state index is -2.13. The van der Waals surface area contributed by atoms with E-state index >= 15 is 0 Å². The topological polar surface area (TPSA) is 81.4 Å². The molecule has 0 amide bonds. The van der Waals surface area contributed by atoms with E-state index in [1.54, 1.807) is 32.9 Å². The largest absolute Gasteiger partial charge is 0.442 e. The Balaban J connectivity index is 2.50. The number of benzene rings is 1. The highest BCUT2D eigenvalue weighted by atomic mass is 32.2. The molecule has 1 aromatic heterocycles. The first-order valence-corrected chi connectivity index (χ1v) is 6.71. The molecule has 2 aromatic rings. The molecule has 1 N–H and O–H groups in total. The fourth-order valence-corrected chi connectivity index (χ4v) is 2.17. The van der Waals surface area contributed by atoms with Crippen molar-refractivity contribution in [3.05, 3.63) is 24.4 Å². The SMILES string of the molecule is CC(C)(C)OC(=O)n1ncc2c(S(=O)O)cccc21. The second-order valence-electron chi connectivity index (χ2n) is 4.97. The van der Waals surface area contributed by atoms with Gasteiger partial charge in [-0.05, 0) is 32.9 Å². The molecule has 0 saturated carbocycles. The van der Waals surface area contributed by atoms with E-state index in [4.69, 9.17) is 4.74 Å². The summed E-state index contributed by atoms with van der Waals surface area (Å²) in [6.07, 6.45) is 0.756. The molecule has 6 nitrogen and oxygen atoms in total. The Morgan fingerprint density at radius 1 is 1.42 bits per heavy atom. The van der Waals surface area contributed by atoms with Gasteiger partial charge in [-0.3, -0.25) is 0 Å². The van der Waals surface area contributed by atoms with E-state index in [1.807, 2.05) is 0 Å². The summed E-state index contributed by atoms with van der Waals surface area (Å²) in [7, 11) is 0. The van der Waals surface area contributed by atoms with Gasteiger partial charge in [0.25, 0.3) is 0 Å². The van der Waals surface area contributed by atoms with Crippen molar-refractivity contribution in [3.63, 3.8) is 0 Å². The van der Waals surface area contributed by atoms with Gasteiger partial charge >= 0.3 is 6.09 Å². The number of carbonyl (C=O) groups excluding carboxylic acids is 1. The van der Waals surface area contributed by atoms with Gasteiger partial charge in [0.05, 0.1) is 16.6 Å². The number of ether oxygens (including phenoxy) is 1. The number of aromatic nitrogens is 2. The predicted octanol–water partition coefficient (Wildman–Crippen LogP) is 2.40. The summed E-state index contributed by atoms with van der Waals surface area (Å²) in [5.41, 5.74) is -0.193. The molecule has 1 atom stereocenters. The average molecular weight is 282 g/mol. The van der Waals surface area contributed by atoms with Crippen LogP contribution in [-0.2, 0) is 15.8 Å². The number of rotatable bonds is 1. The summed E-state index contributed by atoms with van der Waals surface area (Å²) in [5.74, 6) is 0. The van der Waals surface area contributed by atoms with Crippen molar-refractivity contribution in [1.82, 2.24) is 9.78 Å². The second kappa shape index (κ2) is 4.75. The highest BCUT2D eigenvalue weighted by molar-refractivity contribution is 7.79. The molecule has 7 heteroatoms. The fourth-order valence-electron chi connectivity index (χ4n) is 1.63. The zero-order valence-corrected chi connectivity index (χ0v) is 11.6. The maximum Gasteiger partial charge on any atom is 0.435 e. The summed E-state index contributed by atoms with van der Waals surface area (Å²) in [6, 6.07) is 4.75. The maximum atomic E-state index is 12.0. The molecule has 0 aliphatic rings. The van der Waals surface area contributed by atoms with Gasteiger partial charge in [0, 0.05) is 5.39 Å². The van der Waals surface area contributed by atoms with Gasteiger partial charge in [-0.2, -0.15) is 9.78 Å². The van der Waals surface area contributed by atoms with E-state index in [2.05, 4.69) is 5.10 Å². The molecule has 2 rings (SSSR count). The zero-order valence-electron chi connectivity index (χ0n) is 10.8. The Bertz CT molecular complexity index is 657. The van der Waals surface area contributed by atoms with E-state index in [-0.39, 0.29) is 4.90 Å². The lowest BCUT2D eigenvalue weighted by atomic mass is 10.2. The molecule has 19 heavy (non-hydrogen) atoms. The van der Waals surface area contributed by atoms with Crippen molar-refractivity contribution in [3.8, 4) is 0 Å². The lowest BCUT2D eigenvalue weighted by Crippen LogP contribution is -2.27. The van der Waals surface area contributed by atoms with Crippen LogP contribution in [0.2, 0.25) is 0 Å². The summed E-state index contributed by atoms with van der Waals surface area (Å²) in [4.78, 5) is 12.2. The fraction of sp³-hybridized carbons (Fsp3) is 0.333. The third-order valence-electron chi connectivity index (χ3n) is 2.33. The third kappa shape index (κ3) is 2.82. The normalized spacial score (nSPS) is 13.5. The molecule has 0 aliphatic carbocycles. The molecular formula is C12H14N2O4S. The molecular weight excluding hydrogens is 268 g/mol. The molecule has 1 unspecified atom stereocenters. The molecule has 0 bridgehead atoms. The van der Waals surface area contributed by atoms with E-state index < -0.39 is 22.8 Å². The van der Waals surface area contributed by atoms with Crippen molar-refractivity contribution in [1.29, 1.82) is 0 Å². The van der Waals surface area contributed by atoms with Gasteiger partial charge in [0.1, 0.15) is 5.60 Å². The molecule has 0 saturated heterocycles. The first-order valence-electron chi connectivity index (χ1n) is 5.60.